The van der Waals surface area contributed by atoms with Crippen molar-refractivity contribution in [2.45, 2.75) is 75.8 Å². The van der Waals surface area contributed by atoms with Crippen LogP contribution in [0.5, 0.6) is 0 Å². The maximum Gasteiger partial charge on any atom is 0.238 e. The minimum Gasteiger partial charge on any atom is -0.326 e. The van der Waals surface area contributed by atoms with Crippen molar-refractivity contribution in [2.24, 2.45) is 5.14 Å². The number of nitrogens with zero attached hydrogens (tertiary/aromatic N) is 3. The molecule has 2 heterocycles. The summed E-state index contributed by atoms with van der Waals surface area (Å²) in [5.74, 6) is -0.0608. The number of amides is 1. The number of benzene rings is 1. The summed E-state index contributed by atoms with van der Waals surface area (Å²) in [5.41, 5.74) is 2.73. The SMILES string of the molecule is NS(=O)(=O)c1ccc(NC(=O)CCCCCCCCCCN(Cc2ccccn2)Cc2ccccn2)cc1.[Re]. The van der Waals surface area contributed by atoms with Crippen molar-refractivity contribution in [2.75, 3.05) is 11.9 Å². The van der Waals surface area contributed by atoms with E-state index in [-0.39, 0.29) is 31.2 Å². The Morgan fingerprint density at radius 2 is 1.26 bits per heavy atom. The largest absolute Gasteiger partial charge is 0.326 e. The third kappa shape index (κ3) is 13.4. The number of unbranched alkanes of at least 4 members (excludes halogenated alkanes) is 7. The van der Waals surface area contributed by atoms with Crippen LogP contribution in [0.4, 0.5) is 5.69 Å². The van der Waals surface area contributed by atoms with Crippen LogP contribution in [0, 0.1) is 0 Å². The van der Waals surface area contributed by atoms with Crippen LogP contribution in [-0.4, -0.2) is 35.7 Å². The van der Waals surface area contributed by atoms with Crippen LogP contribution in [0.2, 0.25) is 0 Å². The fourth-order valence-electron chi connectivity index (χ4n) is 4.29. The summed E-state index contributed by atoms with van der Waals surface area (Å²) in [7, 11) is -3.73. The van der Waals surface area contributed by atoms with Gasteiger partial charge in [0.05, 0.1) is 16.3 Å². The number of sulfonamides is 1. The van der Waals surface area contributed by atoms with E-state index in [1.54, 1.807) is 12.1 Å². The first-order valence-electron chi connectivity index (χ1n) is 13.3. The predicted molar refractivity (Wildman–Crippen MR) is 151 cm³/mol. The summed E-state index contributed by atoms with van der Waals surface area (Å²) in [5, 5.41) is 7.89. The first kappa shape index (κ1) is 32.7. The summed E-state index contributed by atoms with van der Waals surface area (Å²) in [6.45, 7) is 2.67. The van der Waals surface area contributed by atoms with Crippen molar-refractivity contribution in [3.05, 3.63) is 84.4 Å². The number of hydrogen-bond acceptors (Lipinski definition) is 6. The van der Waals surface area contributed by atoms with Gasteiger partial charge in [-0.1, -0.05) is 50.7 Å². The van der Waals surface area contributed by atoms with Crippen molar-refractivity contribution in [3.8, 4) is 0 Å². The van der Waals surface area contributed by atoms with Gasteiger partial charge in [0.2, 0.25) is 15.9 Å². The second-order valence-corrected chi connectivity index (χ2v) is 11.1. The zero-order chi connectivity index (χ0) is 27.1. The normalized spacial score (nSPS) is 11.2. The van der Waals surface area contributed by atoms with E-state index in [1.807, 2.05) is 36.7 Å². The van der Waals surface area contributed by atoms with E-state index < -0.39 is 10.0 Å². The number of nitrogens with one attached hydrogen (secondary N) is 1. The van der Waals surface area contributed by atoms with E-state index in [2.05, 4.69) is 32.3 Å². The third-order valence-electron chi connectivity index (χ3n) is 6.32. The molecule has 1 aromatic carbocycles. The molecule has 0 fully saturated rings. The fraction of sp³-hybridized carbons (Fsp3) is 0.414. The second kappa shape index (κ2) is 18.0. The van der Waals surface area contributed by atoms with E-state index in [4.69, 9.17) is 5.14 Å². The van der Waals surface area contributed by atoms with E-state index >= 15 is 0 Å². The summed E-state index contributed by atoms with van der Waals surface area (Å²) in [4.78, 5) is 23.5. The molecule has 0 spiro atoms. The summed E-state index contributed by atoms with van der Waals surface area (Å²) in [6.07, 6.45) is 13.1. The molecule has 0 aliphatic carbocycles. The van der Waals surface area contributed by atoms with Crippen LogP contribution in [0.3, 0.4) is 0 Å². The molecule has 2 aromatic heterocycles. The molecule has 0 unspecified atom stereocenters. The average Bonchev–Trinajstić information content (AvgIpc) is 2.90. The molecular formula is C29H39N5O3ReS. The molecular weight excluding hydrogens is 685 g/mol. The number of aromatic nitrogens is 2. The maximum absolute atomic E-state index is 12.1. The number of primary sulfonamides is 1. The van der Waals surface area contributed by atoms with Gasteiger partial charge >= 0.3 is 0 Å². The first-order valence-corrected chi connectivity index (χ1v) is 14.9. The summed E-state index contributed by atoms with van der Waals surface area (Å²) in [6, 6.07) is 18.0. The number of anilines is 1. The van der Waals surface area contributed by atoms with Gasteiger partial charge in [0.15, 0.2) is 0 Å². The zero-order valence-electron chi connectivity index (χ0n) is 22.3. The van der Waals surface area contributed by atoms with Crippen LogP contribution in [0.1, 0.15) is 69.2 Å². The molecule has 3 N–H and O–H groups in total. The monoisotopic (exact) mass is 724 g/mol. The summed E-state index contributed by atoms with van der Waals surface area (Å²) >= 11 is 0. The van der Waals surface area contributed by atoms with Gasteiger partial charge in [-0.25, -0.2) is 13.6 Å². The van der Waals surface area contributed by atoms with Gasteiger partial charge in [-0.15, -0.1) is 0 Å². The van der Waals surface area contributed by atoms with Gasteiger partial charge in [-0.2, -0.15) is 0 Å². The molecule has 3 aromatic rings. The van der Waals surface area contributed by atoms with Crippen molar-refractivity contribution in [3.63, 3.8) is 0 Å². The Labute approximate surface area is 246 Å². The number of hydrogen-bond donors (Lipinski definition) is 2. The topological polar surface area (TPSA) is 118 Å². The standard InChI is InChI=1S/C29H39N5O3S.Re/c30-38(36,37)28-18-16-25(17-19-28)33-29(35)15-7-5-3-1-2-4-6-12-22-34(23-26-13-8-10-20-31-26)24-27-14-9-11-21-32-27;/h8-11,13-14,16-21H,1-7,12,15,22-24H2,(H,33,35)(H2,30,36,37);. The van der Waals surface area contributed by atoms with Crippen molar-refractivity contribution in [1.29, 1.82) is 0 Å². The molecule has 8 nitrogen and oxygen atoms in total. The number of carbonyl (C=O) groups is 1. The molecule has 0 saturated heterocycles. The Balaban J connectivity index is 0.00000533. The maximum atomic E-state index is 12.1. The van der Waals surface area contributed by atoms with Gasteiger partial charge < -0.3 is 5.32 Å². The molecule has 1 amide bonds. The van der Waals surface area contributed by atoms with Crippen molar-refractivity contribution < 1.29 is 33.6 Å². The van der Waals surface area contributed by atoms with Crippen molar-refractivity contribution >= 4 is 21.6 Å². The van der Waals surface area contributed by atoms with Crippen LogP contribution >= 0.6 is 0 Å². The Kier molecular flexibility index (Phi) is 15.1. The first-order chi connectivity index (χ1) is 18.4. The van der Waals surface area contributed by atoms with Gasteiger partial charge in [0, 0.05) is 58.0 Å². The smallest absolute Gasteiger partial charge is 0.238 e. The molecule has 10 heteroatoms. The number of pyridine rings is 2. The summed E-state index contributed by atoms with van der Waals surface area (Å²) < 4.78 is 22.6. The van der Waals surface area contributed by atoms with Crippen LogP contribution < -0.4 is 10.5 Å². The Morgan fingerprint density at radius 1 is 0.744 bits per heavy atom. The van der Waals surface area contributed by atoms with E-state index in [0.717, 1.165) is 56.7 Å². The van der Waals surface area contributed by atoms with Crippen LogP contribution in [0.25, 0.3) is 0 Å². The van der Waals surface area contributed by atoms with Crippen molar-refractivity contribution in [1.82, 2.24) is 14.9 Å². The number of nitrogens with two attached hydrogens (primary N) is 1. The molecule has 0 atom stereocenters. The molecule has 1 radical (unpaired) electrons. The van der Waals surface area contributed by atoms with Gasteiger partial charge in [-0.05, 0) is 67.9 Å². The minimum absolute atomic E-state index is 0. The number of rotatable bonds is 17. The molecule has 0 bridgehead atoms. The average molecular weight is 724 g/mol. The second-order valence-electron chi connectivity index (χ2n) is 9.55. The van der Waals surface area contributed by atoms with Crippen LogP contribution in [0.15, 0.2) is 78.0 Å². The van der Waals surface area contributed by atoms with Gasteiger partial charge in [0.25, 0.3) is 0 Å². The minimum atomic E-state index is -3.73. The molecule has 39 heavy (non-hydrogen) atoms. The zero-order valence-corrected chi connectivity index (χ0v) is 25.9. The van der Waals surface area contributed by atoms with Gasteiger partial charge in [0.1, 0.15) is 0 Å². The van der Waals surface area contributed by atoms with E-state index in [1.165, 1.54) is 37.8 Å². The molecule has 3 rings (SSSR count). The molecule has 0 aliphatic rings. The van der Waals surface area contributed by atoms with Crippen LogP contribution in [-0.2, 0) is 48.3 Å². The Morgan fingerprint density at radius 3 is 1.74 bits per heavy atom. The Bertz CT molecular complexity index is 1160. The molecule has 211 valence electrons. The predicted octanol–water partition coefficient (Wildman–Crippen LogP) is 5.27. The Hall–Kier alpha value is -2.48. The van der Waals surface area contributed by atoms with E-state index in [0.29, 0.717) is 12.1 Å². The molecule has 0 aliphatic heterocycles. The fourth-order valence-corrected chi connectivity index (χ4v) is 4.80. The quantitative estimate of drug-likeness (QED) is 0.183. The van der Waals surface area contributed by atoms with Gasteiger partial charge in [-0.3, -0.25) is 19.7 Å². The van der Waals surface area contributed by atoms with E-state index in [9.17, 15) is 13.2 Å². The number of carbonyl (C=O) groups excluding carboxylic acids is 1. The third-order valence-corrected chi connectivity index (χ3v) is 7.25. The molecule has 0 saturated carbocycles.